The molecule has 2 fully saturated rings. The molecule has 2 amide bonds. The van der Waals surface area contributed by atoms with Crippen molar-refractivity contribution >= 4 is 35.0 Å². The minimum atomic E-state index is -0.918. The molecule has 0 aliphatic carbocycles. The van der Waals surface area contributed by atoms with E-state index in [9.17, 15) is 24.5 Å². The van der Waals surface area contributed by atoms with Crippen molar-refractivity contribution < 1.29 is 24.0 Å². The van der Waals surface area contributed by atoms with E-state index in [1.165, 1.54) is 31.4 Å². The fourth-order valence-electron chi connectivity index (χ4n) is 5.76. The molecule has 3 heterocycles. The lowest BCUT2D eigenvalue weighted by molar-refractivity contribution is -0.384. The van der Waals surface area contributed by atoms with Gasteiger partial charge in [-0.25, -0.2) is 4.90 Å². The first kappa shape index (κ1) is 22.7. The fraction of sp³-hybridized carbons (Fsp3) is 0.179. The summed E-state index contributed by atoms with van der Waals surface area (Å²) in [5, 5.41) is 11.1. The van der Waals surface area contributed by atoms with Crippen LogP contribution in [0.5, 0.6) is 5.75 Å². The van der Waals surface area contributed by atoms with Crippen LogP contribution >= 0.6 is 0 Å². The zero-order valence-electron chi connectivity index (χ0n) is 19.7. The number of hydrogen-bond acceptors (Lipinski definition) is 7. The number of nitrogens with zero attached hydrogens (tertiary/aromatic N) is 3. The number of ketones is 1. The second kappa shape index (κ2) is 8.41. The molecular formula is C28H21N3O6. The Kier molecular flexibility index (Phi) is 5.15. The van der Waals surface area contributed by atoms with E-state index in [1.807, 2.05) is 35.2 Å². The van der Waals surface area contributed by atoms with Crippen molar-refractivity contribution in [3.8, 4) is 5.75 Å². The van der Waals surface area contributed by atoms with Gasteiger partial charge in [0.25, 0.3) is 5.69 Å². The number of nitro benzene ring substituents is 1. The van der Waals surface area contributed by atoms with Crippen molar-refractivity contribution in [1.29, 1.82) is 0 Å². The van der Waals surface area contributed by atoms with E-state index in [-0.39, 0.29) is 17.2 Å². The zero-order valence-corrected chi connectivity index (χ0v) is 19.7. The maximum Gasteiger partial charge on any atom is 0.269 e. The van der Waals surface area contributed by atoms with Gasteiger partial charge in [-0.2, -0.15) is 0 Å². The average Bonchev–Trinajstić information content (AvgIpc) is 3.40. The third-order valence-electron chi connectivity index (χ3n) is 7.42. The number of amides is 2. The SMILES string of the molecule is COc1ccc(C(=O)C2C3C(=O)N(c4ccc([N+](=O)[O-])cc4)C(=O)C3C3c4ccccc4C=CN23)cc1. The van der Waals surface area contributed by atoms with E-state index in [1.54, 1.807) is 30.5 Å². The Hall–Kier alpha value is -4.79. The summed E-state index contributed by atoms with van der Waals surface area (Å²) in [7, 11) is 1.54. The van der Waals surface area contributed by atoms with E-state index in [0.29, 0.717) is 11.3 Å². The van der Waals surface area contributed by atoms with Gasteiger partial charge in [-0.3, -0.25) is 24.5 Å². The molecular weight excluding hydrogens is 474 g/mol. The van der Waals surface area contributed by atoms with Crippen LogP contribution in [0.15, 0.2) is 79.0 Å². The molecule has 0 N–H and O–H groups in total. The van der Waals surface area contributed by atoms with Crippen LogP contribution in [0.25, 0.3) is 6.08 Å². The first-order valence-corrected chi connectivity index (χ1v) is 11.8. The summed E-state index contributed by atoms with van der Waals surface area (Å²) in [6.45, 7) is 0. The second-order valence-corrected chi connectivity index (χ2v) is 9.21. The normalized spacial score (nSPS) is 23.5. The van der Waals surface area contributed by atoms with Crippen molar-refractivity contribution in [2.75, 3.05) is 12.0 Å². The number of imide groups is 1. The minimum absolute atomic E-state index is 0.145. The van der Waals surface area contributed by atoms with Crippen molar-refractivity contribution in [1.82, 2.24) is 4.90 Å². The van der Waals surface area contributed by atoms with Gasteiger partial charge in [-0.15, -0.1) is 0 Å². The predicted molar refractivity (Wildman–Crippen MR) is 134 cm³/mol. The number of hydrogen-bond donors (Lipinski definition) is 0. The highest BCUT2D eigenvalue weighted by molar-refractivity contribution is 6.24. The Morgan fingerprint density at radius 2 is 1.59 bits per heavy atom. The Bertz CT molecular complexity index is 1480. The molecule has 3 aliphatic rings. The molecule has 0 radical (unpaired) electrons. The van der Waals surface area contributed by atoms with Crippen molar-refractivity contribution in [3.05, 3.63) is 106 Å². The lowest BCUT2D eigenvalue weighted by atomic mass is 9.83. The van der Waals surface area contributed by atoms with Gasteiger partial charge < -0.3 is 9.64 Å². The highest BCUT2D eigenvalue weighted by Gasteiger charge is 2.64. The monoisotopic (exact) mass is 495 g/mol. The van der Waals surface area contributed by atoms with Gasteiger partial charge in [0, 0.05) is 23.9 Å². The van der Waals surface area contributed by atoms with Crippen molar-refractivity contribution in [3.63, 3.8) is 0 Å². The molecule has 6 rings (SSSR count). The maximum absolute atomic E-state index is 13.9. The third-order valence-corrected chi connectivity index (χ3v) is 7.42. The Morgan fingerprint density at radius 1 is 0.919 bits per heavy atom. The van der Waals surface area contributed by atoms with E-state index in [4.69, 9.17) is 4.74 Å². The standard InChI is InChI=1S/C28H21N3O6/c1-37-20-12-6-17(7-13-20)26(32)25-23-22(24-21-5-3-2-4-16(21)14-15-29(24)25)27(33)30(28(23)34)18-8-10-19(11-9-18)31(35)36/h2-15,22-25H,1H3. The lowest BCUT2D eigenvalue weighted by Gasteiger charge is -2.35. The van der Waals surface area contributed by atoms with Crippen LogP contribution < -0.4 is 9.64 Å². The van der Waals surface area contributed by atoms with Crippen LogP contribution in [-0.2, 0) is 9.59 Å². The van der Waals surface area contributed by atoms with E-state index in [0.717, 1.165) is 16.0 Å². The quantitative estimate of drug-likeness (QED) is 0.228. The second-order valence-electron chi connectivity index (χ2n) is 9.21. The predicted octanol–water partition coefficient (Wildman–Crippen LogP) is 4.00. The van der Waals surface area contributed by atoms with Crippen molar-refractivity contribution in [2.45, 2.75) is 12.1 Å². The van der Waals surface area contributed by atoms with Crippen molar-refractivity contribution in [2.24, 2.45) is 11.8 Å². The first-order chi connectivity index (χ1) is 17.9. The van der Waals surface area contributed by atoms with Gasteiger partial charge in [0.15, 0.2) is 5.78 Å². The summed E-state index contributed by atoms with van der Waals surface area (Å²) < 4.78 is 5.21. The molecule has 3 aliphatic heterocycles. The van der Waals surface area contributed by atoms with E-state index < -0.39 is 40.7 Å². The number of ether oxygens (including phenoxy) is 1. The largest absolute Gasteiger partial charge is 0.497 e. The number of carbonyl (C=O) groups is 3. The highest BCUT2D eigenvalue weighted by Crippen LogP contribution is 2.53. The number of carbonyl (C=O) groups excluding carboxylic acids is 3. The van der Waals surface area contributed by atoms with Gasteiger partial charge in [0.1, 0.15) is 11.8 Å². The summed E-state index contributed by atoms with van der Waals surface area (Å²) in [6, 6.07) is 18.2. The smallest absolute Gasteiger partial charge is 0.269 e. The molecule has 3 aromatic carbocycles. The number of fused-ring (bicyclic) bond motifs is 5. The Labute approximate surface area is 211 Å². The van der Waals surface area contributed by atoms with Gasteiger partial charge in [-0.05, 0) is 53.6 Å². The lowest BCUT2D eigenvalue weighted by Crippen LogP contribution is -2.44. The van der Waals surface area contributed by atoms with Gasteiger partial charge in [0.05, 0.1) is 35.6 Å². The fourth-order valence-corrected chi connectivity index (χ4v) is 5.76. The highest BCUT2D eigenvalue weighted by atomic mass is 16.6. The molecule has 37 heavy (non-hydrogen) atoms. The molecule has 4 atom stereocenters. The summed E-state index contributed by atoms with van der Waals surface area (Å²) in [5.74, 6) is -2.29. The van der Waals surface area contributed by atoms with Gasteiger partial charge in [-0.1, -0.05) is 24.3 Å². The molecule has 184 valence electrons. The minimum Gasteiger partial charge on any atom is -0.497 e. The molecule has 0 saturated carbocycles. The number of rotatable bonds is 5. The zero-order chi connectivity index (χ0) is 25.8. The summed E-state index contributed by atoms with van der Waals surface area (Å²) in [6.07, 6.45) is 3.69. The molecule has 4 unspecified atom stereocenters. The first-order valence-electron chi connectivity index (χ1n) is 11.8. The van der Waals surface area contributed by atoms with Crippen LogP contribution in [0.1, 0.15) is 27.5 Å². The van der Waals surface area contributed by atoms with E-state index in [2.05, 4.69) is 0 Å². The maximum atomic E-state index is 13.9. The van der Waals surface area contributed by atoms with Gasteiger partial charge in [0.2, 0.25) is 11.8 Å². The van der Waals surface area contributed by atoms with Crippen LogP contribution in [0.3, 0.4) is 0 Å². The average molecular weight is 495 g/mol. The number of nitro groups is 1. The van der Waals surface area contributed by atoms with Crippen LogP contribution in [-0.4, -0.2) is 40.6 Å². The molecule has 9 nitrogen and oxygen atoms in total. The number of methoxy groups -OCH3 is 1. The molecule has 3 aromatic rings. The summed E-state index contributed by atoms with van der Waals surface area (Å²) in [5.41, 5.74) is 2.31. The molecule has 0 spiro atoms. The Balaban J connectivity index is 1.45. The topological polar surface area (TPSA) is 110 Å². The number of benzene rings is 3. The molecule has 2 saturated heterocycles. The number of Topliss-reactive ketones (excluding diaryl/α,β-unsaturated/α-hetero) is 1. The number of anilines is 1. The van der Waals surface area contributed by atoms with E-state index >= 15 is 0 Å². The number of non-ortho nitro benzene ring substituents is 1. The van der Waals surface area contributed by atoms with Crippen LogP contribution in [0.2, 0.25) is 0 Å². The van der Waals surface area contributed by atoms with Crippen LogP contribution in [0, 0.1) is 22.0 Å². The molecule has 9 heteroatoms. The van der Waals surface area contributed by atoms with Gasteiger partial charge >= 0.3 is 0 Å². The summed E-state index contributed by atoms with van der Waals surface area (Å²) >= 11 is 0. The summed E-state index contributed by atoms with van der Waals surface area (Å²) in [4.78, 5) is 55.1. The molecule has 0 bridgehead atoms. The Morgan fingerprint density at radius 3 is 2.27 bits per heavy atom. The third kappa shape index (κ3) is 3.35. The van der Waals surface area contributed by atoms with Crippen LogP contribution in [0.4, 0.5) is 11.4 Å². The molecule has 0 aromatic heterocycles.